The molecule has 2 N–H and O–H groups in total. The summed E-state index contributed by atoms with van der Waals surface area (Å²) < 4.78 is 2.01. The molecule has 0 spiro atoms. The highest BCUT2D eigenvalue weighted by atomic mass is 15.4. The monoisotopic (exact) mass is 250 g/mol. The highest BCUT2D eigenvalue weighted by molar-refractivity contribution is 5.50. The summed E-state index contributed by atoms with van der Waals surface area (Å²) in [6.07, 6.45) is 5.06. The SMILES string of the molecule is Cc1nn(C)c(N(C)CC2CCC2)c1CC(C)N. The molecule has 0 saturated heterocycles. The number of rotatable bonds is 5. The van der Waals surface area contributed by atoms with Gasteiger partial charge >= 0.3 is 0 Å². The number of aromatic nitrogens is 2. The molecule has 0 amide bonds. The molecule has 0 radical (unpaired) electrons. The molecule has 4 heteroatoms. The topological polar surface area (TPSA) is 47.1 Å². The molecule has 2 rings (SSSR count). The van der Waals surface area contributed by atoms with Gasteiger partial charge < -0.3 is 10.6 Å². The summed E-state index contributed by atoms with van der Waals surface area (Å²) in [5.74, 6) is 2.12. The number of hydrogen-bond acceptors (Lipinski definition) is 3. The van der Waals surface area contributed by atoms with Gasteiger partial charge in [-0.3, -0.25) is 4.68 Å². The highest BCUT2D eigenvalue weighted by Crippen LogP contribution is 2.30. The lowest BCUT2D eigenvalue weighted by molar-refractivity contribution is 0.320. The van der Waals surface area contributed by atoms with Gasteiger partial charge in [-0.2, -0.15) is 5.10 Å². The number of nitrogens with zero attached hydrogens (tertiary/aromatic N) is 3. The molecule has 1 saturated carbocycles. The van der Waals surface area contributed by atoms with Crippen LogP contribution in [-0.2, 0) is 13.5 Å². The van der Waals surface area contributed by atoms with Gasteiger partial charge in [0, 0.05) is 32.2 Å². The zero-order valence-corrected chi connectivity index (χ0v) is 12.1. The Morgan fingerprint density at radius 2 is 2.17 bits per heavy atom. The third-order valence-corrected chi connectivity index (χ3v) is 3.96. The molecular formula is C14H26N4. The van der Waals surface area contributed by atoms with Crippen molar-refractivity contribution in [3.8, 4) is 0 Å². The lowest BCUT2D eigenvalue weighted by atomic mass is 9.85. The maximum absolute atomic E-state index is 5.95. The van der Waals surface area contributed by atoms with Crippen LogP contribution in [0.3, 0.4) is 0 Å². The molecule has 4 nitrogen and oxygen atoms in total. The van der Waals surface area contributed by atoms with Crippen LogP contribution >= 0.6 is 0 Å². The average molecular weight is 250 g/mol. The van der Waals surface area contributed by atoms with E-state index in [0.29, 0.717) is 0 Å². The van der Waals surface area contributed by atoms with Crippen LogP contribution in [0.2, 0.25) is 0 Å². The molecule has 1 aromatic heterocycles. The molecular weight excluding hydrogens is 224 g/mol. The number of hydrogen-bond donors (Lipinski definition) is 1. The van der Waals surface area contributed by atoms with Crippen LogP contribution in [0.5, 0.6) is 0 Å². The fourth-order valence-electron chi connectivity index (χ4n) is 2.88. The Labute approximate surface area is 110 Å². The van der Waals surface area contributed by atoms with Gasteiger partial charge in [-0.15, -0.1) is 0 Å². The van der Waals surface area contributed by atoms with Crippen LogP contribution in [0.4, 0.5) is 5.82 Å². The van der Waals surface area contributed by atoms with E-state index >= 15 is 0 Å². The maximum atomic E-state index is 5.95. The molecule has 18 heavy (non-hydrogen) atoms. The lowest BCUT2D eigenvalue weighted by Crippen LogP contribution is -2.31. The van der Waals surface area contributed by atoms with Gasteiger partial charge in [-0.25, -0.2) is 0 Å². The number of anilines is 1. The van der Waals surface area contributed by atoms with Crippen molar-refractivity contribution in [2.45, 2.75) is 45.6 Å². The molecule has 0 aliphatic heterocycles. The fraction of sp³-hybridized carbons (Fsp3) is 0.786. The average Bonchev–Trinajstić information content (AvgIpc) is 2.47. The van der Waals surface area contributed by atoms with Gasteiger partial charge in [-0.05, 0) is 39.0 Å². The van der Waals surface area contributed by atoms with E-state index in [1.54, 1.807) is 0 Å². The molecule has 1 atom stereocenters. The van der Waals surface area contributed by atoms with E-state index in [1.165, 1.54) is 30.6 Å². The van der Waals surface area contributed by atoms with Crippen molar-refractivity contribution < 1.29 is 0 Å². The summed E-state index contributed by atoms with van der Waals surface area (Å²) in [6.45, 7) is 5.28. The van der Waals surface area contributed by atoms with E-state index in [0.717, 1.165) is 24.6 Å². The van der Waals surface area contributed by atoms with Gasteiger partial charge in [-0.1, -0.05) is 6.42 Å². The zero-order chi connectivity index (χ0) is 13.3. The van der Waals surface area contributed by atoms with Crippen molar-refractivity contribution in [1.82, 2.24) is 9.78 Å². The summed E-state index contributed by atoms with van der Waals surface area (Å²) in [4.78, 5) is 2.36. The Balaban J connectivity index is 2.18. The highest BCUT2D eigenvalue weighted by Gasteiger charge is 2.23. The van der Waals surface area contributed by atoms with Crippen molar-refractivity contribution in [3.05, 3.63) is 11.3 Å². The Morgan fingerprint density at radius 3 is 2.67 bits per heavy atom. The van der Waals surface area contributed by atoms with E-state index in [9.17, 15) is 0 Å². The van der Waals surface area contributed by atoms with Crippen molar-refractivity contribution in [2.24, 2.45) is 18.7 Å². The molecule has 1 aliphatic carbocycles. The van der Waals surface area contributed by atoms with Crippen LogP contribution < -0.4 is 10.6 Å². The smallest absolute Gasteiger partial charge is 0.129 e. The molecule has 0 aromatic carbocycles. The molecule has 1 aliphatic rings. The lowest BCUT2D eigenvalue weighted by Gasteiger charge is -2.31. The minimum Gasteiger partial charge on any atom is -0.359 e. The second-order valence-corrected chi connectivity index (χ2v) is 5.87. The Morgan fingerprint density at radius 1 is 1.50 bits per heavy atom. The van der Waals surface area contributed by atoms with Crippen molar-refractivity contribution in [2.75, 3.05) is 18.5 Å². The van der Waals surface area contributed by atoms with E-state index in [4.69, 9.17) is 5.73 Å². The van der Waals surface area contributed by atoms with Crippen LogP contribution in [0.1, 0.15) is 37.4 Å². The summed E-state index contributed by atoms with van der Waals surface area (Å²) >= 11 is 0. The third kappa shape index (κ3) is 2.69. The molecule has 102 valence electrons. The van der Waals surface area contributed by atoms with Gasteiger partial charge in [0.05, 0.1) is 5.69 Å². The predicted molar refractivity (Wildman–Crippen MR) is 75.9 cm³/mol. The normalized spacial score (nSPS) is 17.6. The zero-order valence-electron chi connectivity index (χ0n) is 12.1. The minimum atomic E-state index is 0.184. The van der Waals surface area contributed by atoms with Crippen molar-refractivity contribution in [1.29, 1.82) is 0 Å². The van der Waals surface area contributed by atoms with Crippen LogP contribution in [0.15, 0.2) is 0 Å². The Hall–Kier alpha value is -1.03. The second kappa shape index (κ2) is 5.31. The van der Waals surface area contributed by atoms with Crippen molar-refractivity contribution >= 4 is 5.82 Å². The van der Waals surface area contributed by atoms with Gasteiger partial charge in [0.2, 0.25) is 0 Å². The quantitative estimate of drug-likeness (QED) is 0.867. The first kappa shape index (κ1) is 13.4. The summed E-state index contributed by atoms with van der Waals surface area (Å²) in [5, 5.41) is 4.56. The first-order valence-corrected chi connectivity index (χ1v) is 6.98. The van der Waals surface area contributed by atoms with Gasteiger partial charge in [0.1, 0.15) is 5.82 Å². The van der Waals surface area contributed by atoms with Crippen LogP contribution in [0, 0.1) is 12.8 Å². The van der Waals surface area contributed by atoms with E-state index < -0.39 is 0 Å². The molecule has 1 fully saturated rings. The summed E-state index contributed by atoms with van der Waals surface area (Å²) in [5.41, 5.74) is 8.38. The Bertz CT molecular complexity index is 404. The molecule has 1 aromatic rings. The molecule has 0 bridgehead atoms. The number of aryl methyl sites for hydroxylation is 2. The first-order chi connectivity index (χ1) is 8.49. The molecule has 1 heterocycles. The maximum Gasteiger partial charge on any atom is 0.129 e. The summed E-state index contributed by atoms with van der Waals surface area (Å²) in [6, 6.07) is 0.184. The van der Waals surface area contributed by atoms with E-state index in [-0.39, 0.29) is 6.04 Å². The van der Waals surface area contributed by atoms with Crippen LogP contribution in [0.25, 0.3) is 0 Å². The third-order valence-electron chi connectivity index (χ3n) is 3.96. The molecule has 1 unspecified atom stereocenters. The van der Waals surface area contributed by atoms with Crippen molar-refractivity contribution in [3.63, 3.8) is 0 Å². The first-order valence-electron chi connectivity index (χ1n) is 6.98. The van der Waals surface area contributed by atoms with E-state index in [2.05, 4.69) is 30.9 Å². The van der Waals surface area contributed by atoms with Gasteiger partial charge in [0.25, 0.3) is 0 Å². The summed E-state index contributed by atoms with van der Waals surface area (Å²) in [7, 11) is 4.21. The standard InChI is InChI=1S/C14H26N4/c1-10(15)8-13-11(2)16-18(4)14(13)17(3)9-12-6-5-7-12/h10,12H,5-9,15H2,1-4H3. The van der Waals surface area contributed by atoms with Crippen LogP contribution in [-0.4, -0.2) is 29.4 Å². The van der Waals surface area contributed by atoms with Gasteiger partial charge in [0.15, 0.2) is 0 Å². The second-order valence-electron chi connectivity index (χ2n) is 5.87. The van der Waals surface area contributed by atoms with E-state index in [1.807, 2.05) is 11.7 Å². The largest absolute Gasteiger partial charge is 0.359 e. The minimum absolute atomic E-state index is 0.184. The fourth-order valence-corrected chi connectivity index (χ4v) is 2.88. The Kier molecular flexibility index (Phi) is 3.95. The predicted octanol–water partition coefficient (Wildman–Crippen LogP) is 1.85. The number of nitrogens with two attached hydrogens (primary N) is 1.